The number of hydrogen-bond acceptors (Lipinski definition) is 4. The molecule has 2 amide bonds. The summed E-state index contributed by atoms with van der Waals surface area (Å²) in [7, 11) is 0. The maximum atomic E-state index is 13.1. The smallest absolute Gasteiger partial charge is 0.407 e. The normalized spacial score (nSPS) is 15.6. The summed E-state index contributed by atoms with van der Waals surface area (Å²) < 4.78 is 5.60. The number of benzene rings is 2. The van der Waals surface area contributed by atoms with E-state index in [9.17, 15) is 19.5 Å². The molecule has 7 nitrogen and oxygen atoms in total. The summed E-state index contributed by atoms with van der Waals surface area (Å²) in [6.45, 7) is 2.35. The van der Waals surface area contributed by atoms with Crippen molar-refractivity contribution < 1.29 is 24.2 Å². The topological polar surface area (TPSA) is 95.9 Å². The molecule has 1 atom stereocenters. The zero-order valence-corrected chi connectivity index (χ0v) is 19.5. The van der Waals surface area contributed by atoms with Crippen LogP contribution >= 0.6 is 0 Å². The molecule has 0 aromatic heterocycles. The van der Waals surface area contributed by atoms with Crippen LogP contribution in [0.3, 0.4) is 0 Å². The number of amides is 2. The van der Waals surface area contributed by atoms with Crippen molar-refractivity contribution in [3.8, 4) is 11.1 Å². The molecule has 1 saturated carbocycles. The molecule has 180 valence electrons. The Morgan fingerprint density at radius 1 is 1.06 bits per heavy atom. The highest BCUT2D eigenvalue weighted by atomic mass is 16.5. The Morgan fingerprint density at radius 3 is 2.21 bits per heavy atom. The van der Waals surface area contributed by atoms with E-state index in [1.807, 2.05) is 31.2 Å². The predicted octanol–water partition coefficient (Wildman–Crippen LogP) is 4.26. The van der Waals surface area contributed by atoms with E-state index in [1.54, 1.807) is 0 Å². The predicted molar refractivity (Wildman–Crippen MR) is 128 cm³/mol. The summed E-state index contributed by atoms with van der Waals surface area (Å²) >= 11 is 0. The molecule has 2 aliphatic rings. The van der Waals surface area contributed by atoms with Crippen molar-refractivity contribution in [2.75, 3.05) is 26.2 Å². The van der Waals surface area contributed by atoms with E-state index in [0.29, 0.717) is 13.0 Å². The van der Waals surface area contributed by atoms with E-state index in [0.717, 1.165) is 41.5 Å². The van der Waals surface area contributed by atoms with Crippen molar-refractivity contribution in [2.45, 2.75) is 38.5 Å². The Bertz CT molecular complexity index is 1000. The van der Waals surface area contributed by atoms with Crippen LogP contribution in [0.2, 0.25) is 0 Å². The Kier molecular flexibility index (Phi) is 7.50. The minimum Gasteiger partial charge on any atom is -0.480 e. The van der Waals surface area contributed by atoms with Crippen LogP contribution in [-0.2, 0) is 14.3 Å². The molecule has 0 bridgehead atoms. The molecule has 2 aromatic rings. The van der Waals surface area contributed by atoms with Crippen molar-refractivity contribution in [1.29, 1.82) is 0 Å². The Balaban J connectivity index is 1.37. The molecule has 1 fully saturated rings. The van der Waals surface area contributed by atoms with E-state index in [-0.39, 0.29) is 37.4 Å². The lowest BCUT2D eigenvalue weighted by Crippen LogP contribution is -2.48. The van der Waals surface area contributed by atoms with Gasteiger partial charge in [0, 0.05) is 19.0 Å². The van der Waals surface area contributed by atoms with Crippen molar-refractivity contribution in [1.82, 2.24) is 10.2 Å². The second-order valence-electron chi connectivity index (χ2n) is 9.16. The third-order valence-electron chi connectivity index (χ3n) is 6.98. The standard InChI is InChI=1S/C27H32N2O5/c1-2-14-29(16-25(30)31)26(32)23(18-8-7-9-18)15-28-27(33)34-17-24-21-12-5-3-10-19(21)20-11-4-6-13-22(20)24/h3-6,10-13,18,23-24H,2,7-9,14-17H2,1H3,(H,28,33)(H,30,31). The second-order valence-corrected chi connectivity index (χ2v) is 9.16. The average molecular weight is 465 g/mol. The van der Waals surface area contributed by atoms with Gasteiger partial charge in [-0.15, -0.1) is 0 Å². The van der Waals surface area contributed by atoms with Gasteiger partial charge >= 0.3 is 12.1 Å². The molecule has 7 heteroatoms. The molecule has 0 aliphatic heterocycles. The van der Waals surface area contributed by atoms with Crippen LogP contribution in [0.25, 0.3) is 11.1 Å². The Labute approximate surface area is 200 Å². The first-order valence-corrected chi connectivity index (χ1v) is 12.1. The molecule has 0 heterocycles. The molecule has 2 aliphatic carbocycles. The monoisotopic (exact) mass is 464 g/mol. The second kappa shape index (κ2) is 10.7. The van der Waals surface area contributed by atoms with E-state index >= 15 is 0 Å². The third-order valence-corrected chi connectivity index (χ3v) is 6.98. The van der Waals surface area contributed by atoms with E-state index in [4.69, 9.17) is 4.74 Å². The lowest BCUT2D eigenvalue weighted by molar-refractivity contribution is -0.147. The van der Waals surface area contributed by atoms with E-state index in [1.165, 1.54) is 4.90 Å². The zero-order chi connectivity index (χ0) is 24.1. The van der Waals surface area contributed by atoms with Crippen LogP contribution in [0.4, 0.5) is 4.79 Å². The van der Waals surface area contributed by atoms with Crippen LogP contribution in [0.15, 0.2) is 48.5 Å². The number of nitrogens with one attached hydrogen (secondary N) is 1. The summed E-state index contributed by atoms with van der Waals surface area (Å²) in [5.74, 6) is -1.53. The molecular formula is C27H32N2O5. The molecule has 2 aromatic carbocycles. The SMILES string of the molecule is CCCN(CC(=O)O)C(=O)C(CNC(=O)OCC1c2ccccc2-c2ccccc21)C1CCC1. The summed E-state index contributed by atoms with van der Waals surface area (Å²) in [5.41, 5.74) is 4.61. The lowest BCUT2D eigenvalue weighted by Gasteiger charge is -2.35. The molecule has 0 spiro atoms. The maximum Gasteiger partial charge on any atom is 0.407 e. The minimum atomic E-state index is -1.03. The molecule has 2 N–H and O–H groups in total. The van der Waals surface area contributed by atoms with Crippen LogP contribution in [0.5, 0.6) is 0 Å². The molecule has 1 unspecified atom stereocenters. The Morgan fingerprint density at radius 2 is 1.68 bits per heavy atom. The first kappa shape index (κ1) is 23.8. The summed E-state index contributed by atoms with van der Waals surface area (Å²) in [4.78, 5) is 38.4. The molecule has 4 rings (SSSR count). The van der Waals surface area contributed by atoms with Gasteiger partial charge in [0.05, 0.1) is 5.92 Å². The zero-order valence-electron chi connectivity index (χ0n) is 19.5. The van der Waals surface area contributed by atoms with Crippen molar-refractivity contribution in [2.24, 2.45) is 11.8 Å². The average Bonchev–Trinajstić information content (AvgIpc) is 3.12. The highest BCUT2D eigenvalue weighted by molar-refractivity contribution is 5.84. The number of aliphatic carboxylic acids is 1. The number of carboxylic acids is 1. The van der Waals surface area contributed by atoms with Gasteiger partial charge in [0.1, 0.15) is 13.2 Å². The highest BCUT2D eigenvalue weighted by Gasteiger charge is 2.36. The first-order chi connectivity index (χ1) is 16.5. The van der Waals surface area contributed by atoms with Gasteiger partial charge in [-0.05, 0) is 47.4 Å². The molecular weight excluding hydrogens is 432 g/mol. The van der Waals surface area contributed by atoms with Gasteiger partial charge in [0.15, 0.2) is 0 Å². The number of carboxylic acid groups (broad SMARTS) is 1. The van der Waals surface area contributed by atoms with Gasteiger partial charge in [0.25, 0.3) is 0 Å². The van der Waals surface area contributed by atoms with Crippen LogP contribution < -0.4 is 5.32 Å². The van der Waals surface area contributed by atoms with Crippen LogP contribution in [0.1, 0.15) is 49.7 Å². The molecule has 34 heavy (non-hydrogen) atoms. The number of nitrogens with zero attached hydrogens (tertiary/aromatic N) is 1. The van der Waals surface area contributed by atoms with Gasteiger partial charge in [-0.2, -0.15) is 0 Å². The van der Waals surface area contributed by atoms with E-state index in [2.05, 4.69) is 29.6 Å². The number of ether oxygens (including phenoxy) is 1. The first-order valence-electron chi connectivity index (χ1n) is 12.1. The fourth-order valence-electron chi connectivity index (χ4n) is 5.08. The number of rotatable bonds is 10. The number of hydrogen-bond donors (Lipinski definition) is 2. The van der Waals surface area contributed by atoms with E-state index < -0.39 is 18.0 Å². The Hall–Kier alpha value is -3.35. The molecule has 0 radical (unpaired) electrons. The minimum absolute atomic E-state index is 0.0298. The number of fused-ring (bicyclic) bond motifs is 3. The van der Waals surface area contributed by atoms with Gasteiger partial charge in [0.2, 0.25) is 5.91 Å². The number of carbonyl (C=O) groups excluding carboxylic acids is 2. The number of alkyl carbamates (subject to hydrolysis) is 1. The van der Waals surface area contributed by atoms with Crippen LogP contribution in [-0.4, -0.2) is 54.2 Å². The van der Waals surface area contributed by atoms with Gasteiger partial charge < -0.3 is 20.1 Å². The van der Waals surface area contributed by atoms with Gasteiger partial charge in [-0.3, -0.25) is 9.59 Å². The van der Waals surface area contributed by atoms with Crippen LogP contribution in [0, 0.1) is 11.8 Å². The van der Waals surface area contributed by atoms with Crippen molar-refractivity contribution in [3.05, 3.63) is 59.7 Å². The summed E-state index contributed by atoms with van der Waals surface area (Å²) in [6, 6.07) is 16.3. The quantitative estimate of drug-likeness (QED) is 0.548. The van der Waals surface area contributed by atoms with Gasteiger partial charge in [-0.25, -0.2) is 4.79 Å². The van der Waals surface area contributed by atoms with Crippen molar-refractivity contribution >= 4 is 18.0 Å². The largest absolute Gasteiger partial charge is 0.480 e. The number of carbonyl (C=O) groups is 3. The molecule has 0 saturated heterocycles. The summed E-state index contributed by atoms with van der Waals surface area (Å²) in [6.07, 6.45) is 2.99. The third kappa shape index (κ3) is 5.08. The highest BCUT2D eigenvalue weighted by Crippen LogP contribution is 2.44. The van der Waals surface area contributed by atoms with Crippen molar-refractivity contribution in [3.63, 3.8) is 0 Å². The van der Waals surface area contributed by atoms with Gasteiger partial charge in [-0.1, -0.05) is 61.9 Å². The summed E-state index contributed by atoms with van der Waals surface area (Å²) in [5, 5.41) is 12.0. The maximum absolute atomic E-state index is 13.1. The fourth-order valence-corrected chi connectivity index (χ4v) is 5.08. The fraction of sp³-hybridized carbons (Fsp3) is 0.444. The lowest BCUT2D eigenvalue weighted by atomic mass is 9.75.